The highest BCUT2D eigenvalue weighted by molar-refractivity contribution is 7.20. The van der Waals surface area contributed by atoms with Crippen LogP contribution in [0, 0.1) is 0 Å². The monoisotopic (exact) mass is 303 g/mol. The number of carbonyl (C=O) groups is 1. The van der Waals surface area contributed by atoms with Crippen molar-refractivity contribution in [1.82, 2.24) is 5.32 Å². The fraction of sp³-hybridized carbons (Fsp3) is 0.133. The summed E-state index contributed by atoms with van der Waals surface area (Å²) in [5, 5.41) is 14.7. The van der Waals surface area contributed by atoms with Gasteiger partial charge in [0.1, 0.15) is 0 Å². The zero-order chi connectivity index (χ0) is 13.9. The van der Waals surface area contributed by atoms with Crippen LogP contribution < -0.4 is 5.32 Å². The van der Waals surface area contributed by atoms with Crippen LogP contribution in [0.25, 0.3) is 20.5 Å². The number of aliphatic hydroxyl groups is 1. The van der Waals surface area contributed by atoms with E-state index in [0.29, 0.717) is 4.88 Å². The first kappa shape index (κ1) is 13.3. The summed E-state index contributed by atoms with van der Waals surface area (Å²) in [5.74, 6) is -0.130. The first-order valence-electron chi connectivity index (χ1n) is 6.25. The Kier molecular flexibility index (Phi) is 3.82. The van der Waals surface area contributed by atoms with Gasteiger partial charge in [-0.3, -0.25) is 4.79 Å². The molecule has 2 N–H and O–H groups in total. The quantitative estimate of drug-likeness (QED) is 0.776. The van der Waals surface area contributed by atoms with Crippen molar-refractivity contribution >= 4 is 38.7 Å². The third kappa shape index (κ3) is 2.47. The molecule has 0 unspecified atom stereocenters. The van der Waals surface area contributed by atoms with Gasteiger partial charge in [0.25, 0.3) is 5.91 Å². The molecule has 3 aromatic rings. The molecule has 2 aromatic heterocycles. The molecule has 0 bridgehead atoms. The zero-order valence-corrected chi connectivity index (χ0v) is 12.3. The molecule has 2 heterocycles. The fourth-order valence-corrected chi connectivity index (χ4v) is 4.02. The number of aliphatic hydroxyl groups excluding tert-OH is 1. The highest BCUT2D eigenvalue weighted by Gasteiger charge is 2.12. The molecule has 0 saturated heterocycles. The topological polar surface area (TPSA) is 49.3 Å². The molecule has 1 aromatic carbocycles. The lowest BCUT2D eigenvalue weighted by molar-refractivity contribution is 0.0949. The minimum atomic E-state index is -0.130. The van der Waals surface area contributed by atoms with Crippen molar-refractivity contribution in [3.63, 3.8) is 0 Å². The predicted octanol–water partition coefficient (Wildman–Crippen LogP) is 3.35. The van der Waals surface area contributed by atoms with E-state index in [1.165, 1.54) is 27.0 Å². The summed E-state index contributed by atoms with van der Waals surface area (Å²) in [5.41, 5.74) is 1.18. The van der Waals surface area contributed by atoms with Crippen molar-refractivity contribution in [3.8, 4) is 10.4 Å². The molecule has 0 aliphatic heterocycles. The number of thiophene rings is 2. The van der Waals surface area contributed by atoms with Crippen molar-refractivity contribution in [2.75, 3.05) is 13.2 Å². The molecular weight excluding hydrogens is 290 g/mol. The molecule has 20 heavy (non-hydrogen) atoms. The molecule has 0 saturated carbocycles. The predicted molar refractivity (Wildman–Crippen MR) is 84.6 cm³/mol. The van der Waals surface area contributed by atoms with Crippen LogP contribution in [0.1, 0.15) is 9.67 Å². The Labute approximate surface area is 124 Å². The molecule has 3 nitrogen and oxygen atoms in total. The summed E-state index contributed by atoms with van der Waals surface area (Å²) in [7, 11) is 0. The Morgan fingerprint density at radius 1 is 1.20 bits per heavy atom. The molecule has 0 atom stereocenters. The molecule has 0 aliphatic carbocycles. The summed E-state index contributed by atoms with van der Waals surface area (Å²) in [4.78, 5) is 13.6. The highest BCUT2D eigenvalue weighted by Crippen LogP contribution is 2.37. The summed E-state index contributed by atoms with van der Waals surface area (Å²) in [6.07, 6.45) is 0. The first-order valence-corrected chi connectivity index (χ1v) is 7.94. The van der Waals surface area contributed by atoms with Crippen molar-refractivity contribution in [3.05, 3.63) is 46.7 Å². The third-order valence-corrected chi connectivity index (χ3v) is 5.05. The van der Waals surface area contributed by atoms with Gasteiger partial charge in [0.2, 0.25) is 0 Å². The van der Waals surface area contributed by atoms with Gasteiger partial charge in [-0.15, -0.1) is 22.7 Å². The molecule has 0 radical (unpaired) electrons. The summed E-state index contributed by atoms with van der Waals surface area (Å²) in [6.45, 7) is 0.243. The average molecular weight is 303 g/mol. The molecule has 5 heteroatoms. The van der Waals surface area contributed by atoms with Crippen LogP contribution in [0.2, 0.25) is 0 Å². The van der Waals surface area contributed by atoms with E-state index in [0.717, 1.165) is 4.88 Å². The van der Waals surface area contributed by atoms with Crippen molar-refractivity contribution < 1.29 is 9.90 Å². The molecule has 3 rings (SSSR count). The van der Waals surface area contributed by atoms with Gasteiger partial charge in [-0.1, -0.05) is 18.2 Å². The number of hydrogen-bond acceptors (Lipinski definition) is 4. The Morgan fingerprint density at radius 3 is 2.90 bits per heavy atom. The SMILES string of the molecule is O=C(NCCO)c1ccc(-c2csc3ccccc23)s1. The Balaban J connectivity index is 1.92. The number of benzene rings is 1. The number of nitrogens with one attached hydrogen (secondary N) is 1. The van der Waals surface area contributed by atoms with Gasteiger partial charge in [0.05, 0.1) is 11.5 Å². The van der Waals surface area contributed by atoms with Gasteiger partial charge >= 0.3 is 0 Å². The number of amides is 1. The van der Waals surface area contributed by atoms with Gasteiger partial charge in [-0.2, -0.15) is 0 Å². The lowest BCUT2D eigenvalue weighted by atomic mass is 10.1. The van der Waals surface area contributed by atoms with Crippen LogP contribution in [0.5, 0.6) is 0 Å². The van der Waals surface area contributed by atoms with E-state index in [4.69, 9.17) is 5.11 Å². The summed E-state index contributed by atoms with van der Waals surface area (Å²) < 4.78 is 1.25. The van der Waals surface area contributed by atoms with Crippen LogP contribution in [-0.2, 0) is 0 Å². The Bertz CT molecular complexity index is 745. The van der Waals surface area contributed by atoms with Crippen LogP contribution in [-0.4, -0.2) is 24.2 Å². The van der Waals surface area contributed by atoms with Gasteiger partial charge in [-0.05, 0) is 18.2 Å². The molecule has 0 aliphatic rings. The van der Waals surface area contributed by atoms with Crippen LogP contribution in [0.15, 0.2) is 41.8 Å². The smallest absolute Gasteiger partial charge is 0.261 e. The molecule has 0 fully saturated rings. The molecular formula is C15H13NO2S2. The largest absolute Gasteiger partial charge is 0.395 e. The summed E-state index contributed by atoms with van der Waals surface area (Å²) >= 11 is 3.19. The number of fused-ring (bicyclic) bond motifs is 1. The molecule has 1 amide bonds. The van der Waals surface area contributed by atoms with Crippen LogP contribution in [0.4, 0.5) is 0 Å². The minimum absolute atomic E-state index is 0.0425. The van der Waals surface area contributed by atoms with Gasteiger partial charge < -0.3 is 10.4 Å². The maximum atomic E-state index is 11.8. The molecule has 0 spiro atoms. The second-order valence-electron chi connectivity index (χ2n) is 4.29. The van der Waals surface area contributed by atoms with Crippen molar-refractivity contribution in [1.29, 1.82) is 0 Å². The molecule has 102 valence electrons. The standard InChI is InChI=1S/C15H13NO2S2/c17-8-7-16-15(18)14-6-5-13(20-14)11-9-19-12-4-2-1-3-10(11)12/h1-6,9,17H,7-8H2,(H,16,18). The van der Waals surface area contributed by atoms with E-state index in [1.807, 2.05) is 24.3 Å². The van der Waals surface area contributed by atoms with E-state index < -0.39 is 0 Å². The van der Waals surface area contributed by atoms with Crippen molar-refractivity contribution in [2.45, 2.75) is 0 Å². The highest BCUT2D eigenvalue weighted by atomic mass is 32.1. The van der Waals surface area contributed by atoms with E-state index in [-0.39, 0.29) is 19.1 Å². The van der Waals surface area contributed by atoms with E-state index in [1.54, 1.807) is 11.3 Å². The lowest BCUT2D eigenvalue weighted by Gasteiger charge is -1.99. The van der Waals surface area contributed by atoms with Gasteiger partial charge in [0.15, 0.2) is 0 Å². The number of carbonyl (C=O) groups excluding carboxylic acids is 1. The van der Waals surface area contributed by atoms with Crippen LogP contribution >= 0.6 is 22.7 Å². The number of rotatable bonds is 4. The van der Waals surface area contributed by atoms with Crippen LogP contribution in [0.3, 0.4) is 0 Å². The average Bonchev–Trinajstić information content (AvgIpc) is 3.10. The van der Waals surface area contributed by atoms with Gasteiger partial charge in [0, 0.05) is 32.5 Å². The maximum absolute atomic E-state index is 11.8. The van der Waals surface area contributed by atoms with Crippen molar-refractivity contribution in [2.24, 2.45) is 0 Å². The lowest BCUT2D eigenvalue weighted by Crippen LogP contribution is -2.25. The van der Waals surface area contributed by atoms with E-state index in [2.05, 4.69) is 22.8 Å². The maximum Gasteiger partial charge on any atom is 0.261 e. The Morgan fingerprint density at radius 2 is 2.05 bits per heavy atom. The normalized spacial score (nSPS) is 10.8. The summed E-state index contributed by atoms with van der Waals surface area (Å²) in [6, 6.07) is 12.1. The van der Waals surface area contributed by atoms with Gasteiger partial charge in [-0.25, -0.2) is 0 Å². The van der Waals surface area contributed by atoms with E-state index >= 15 is 0 Å². The zero-order valence-electron chi connectivity index (χ0n) is 10.6. The second kappa shape index (κ2) is 5.75. The second-order valence-corrected chi connectivity index (χ2v) is 6.28. The number of hydrogen-bond donors (Lipinski definition) is 2. The first-order chi connectivity index (χ1) is 9.79. The fourth-order valence-electron chi connectivity index (χ4n) is 2.03. The third-order valence-electron chi connectivity index (χ3n) is 2.97. The Hall–Kier alpha value is -1.69. The minimum Gasteiger partial charge on any atom is -0.395 e. The van der Waals surface area contributed by atoms with E-state index in [9.17, 15) is 4.79 Å².